The van der Waals surface area contributed by atoms with Gasteiger partial charge in [0.25, 0.3) is 0 Å². The van der Waals surface area contributed by atoms with E-state index in [-0.39, 0.29) is 11.7 Å². The number of carbonyl (C=O) groups excluding carboxylic acids is 1. The molecular weight excluding hydrogens is 326 g/mol. The van der Waals surface area contributed by atoms with Crippen molar-refractivity contribution in [2.45, 2.75) is 11.7 Å². The van der Waals surface area contributed by atoms with E-state index in [0.29, 0.717) is 23.0 Å². The summed E-state index contributed by atoms with van der Waals surface area (Å²) in [6.45, 7) is 0.513. The van der Waals surface area contributed by atoms with Crippen molar-refractivity contribution < 1.29 is 9.21 Å². The van der Waals surface area contributed by atoms with Crippen LogP contribution in [0.1, 0.15) is 11.3 Å². The average molecular weight is 339 g/mol. The fraction of sp³-hybridized carbons (Fsp3) is 0.125. The summed E-state index contributed by atoms with van der Waals surface area (Å²) in [7, 11) is 0. The Kier molecular flexibility index (Phi) is 4.93. The van der Waals surface area contributed by atoms with Crippen LogP contribution in [0, 0.1) is 11.3 Å². The van der Waals surface area contributed by atoms with Crippen molar-refractivity contribution in [1.29, 1.82) is 5.26 Å². The molecule has 3 aromatic rings. The predicted molar refractivity (Wildman–Crippen MR) is 88.3 cm³/mol. The maximum atomic E-state index is 12.0. The molecule has 2 heterocycles. The van der Waals surface area contributed by atoms with Crippen LogP contribution in [-0.2, 0) is 11.3 Å². The number of thioether (sulfide) groups is 1. The second kappa shape index (κ2) is 7.48. The Morgan fingerprint density at radius 1 is 1.33 bits per heavy atom. The third kappa shape index (κ3) is 4.02. The number of benzene rings is 1. The first kappa shape index (κ1) is 15.8. The maximum absolute atomic E-state index is 12.0. The summed E-state index contributed by atoms with van der Waals surface area (Å²) in [5.74, 6) is 0.840. The first-order valence-electron chi connectivity index (χ1n) is 7.07. The van der Waals surface area contributed by atoms with E-state index < -0.39 is 0 Å². The Hall–Kier alpha value is -3.05. The van der Waals surface area contributed by atoms with Gasteiger partial charge in [-0.25, -0.2) is 0 Å². The van der Waals surface area contributed by atoms with Crippen molar-refractivity contribution in [2.24, 2.45) is 0 Å². The number of amides is 1. The predicted octanol–water partition coefficient (Wildman–Crippen LogP) is 2.52. The molecule has 0 aliphatic carbocycles. The first-order valence-corrected chi connectivity index (χ1v) is 8.06. The molecule has 0 saturated heterocycles. The summed E-state index contributed by atoms with van der Waals surface area (Å²) in [6.07, 6.45) is 3.21. The van der Waals surface area contributed by atoms with Gasteiger partial charge in [-0.3, -0.25) is 4.79 Å². The molecule has 0 spiro atoms. The highest BCUT2D eigenvalue weighted by molar-refractivity contribution is 7.99. The molecule has 1 amide bonds. The van der Waals surface area contributed by atoms with Crippen molar-refractivity contribution in [3.63, 3.8) is 0 Å². The Labute approximate surface area is 142 Å². The van der Waals surface area contributed by atoms with E-state index in [1.54, 1.807) is 36.9 Å². The van der Waals surface area contributed by atoms with Gasteiger partial charge in [0.15, 0.2) is 5.16 Å². The SMILES string of the molecule is N#Cc1ccc(NC(=O)CSc2nncn2Cc2ccco2)cc1. The zero-order valence-corrected chi connectivity index (χ0v) is 13.4. The van der Waals surface area contributed by atoms with Crippen LogP contribution in [0.3, 0.4) is 0 Å². The Bertz CT molecular complexity index is 849. The smallest absolute Gasteiger partial charge is 0.234 e. The standard InChI is InChI=1S/C16H13N5O2S/c17-8-12-3-5-13(6-4-12)19-15(22)10-24-16-20-18-11-21(16)9-14-2-1-7-23-14/h1-7,11H,9-10H2,(H,19,22). The highest BCUT2D eigenvalue weighted by Crippen LogP contribution is 2.17. The van der Waals surface area contributed by atoms with Gasteiger partial charge < -0.3 is 14.3 Å². The number of nitrogens with zero attached hydrogens (tertiary/aromatic N) is 4. The molecule has 0 aliphatic rings. The monoisotopic (exact) mass is 339 g/mol. The quantitative estimate of drug-likeness (QED) is 0.693. The van der Waals surface area contributed by atoms with Gasteiger partial charge in [-0.05, 0) is 36.4 Å². The van der Waals surface area contributed by atoms with E-state index in [4.69, 9.17) is 9.68 Å². The third-order valence-corrected chi connectivity index (χ3v) is 4.10. The van der Waals surface area contributed by atoms with E-state index >= 15 is 0 Å². The minimum absolute atomic E-state index is 0.155. The number of rotatable bonds is 6. The lowest BCUT2D eigenvalue weighted by Crippen LogP contribution is -2.14. The molecule has 8 heteroatoms. The van der Waals surface area contributed by atoms with Crippen LogP contribution in [-0.4, -0.2) is 26.4 Å². The average Bonchev–Trinajstić information content (AvgIpc) is 3.26. The molecule has 7 nitrogen and oxygen atoms in total. The van der Waals surface area contributed by atoms with Gasteiger partial charge in [0, 0.05) is 5.69 Å². The number of anilines is 1. The fourth-order valence-electron chi connectivity index (χ4n) is 1.99. The normalized spacial score (nSPS) is 10.3. The summed E-state index contributed by atoms with van der Waals surface area (Å²) in [4.78, 5) is 12.0. The Morgan fingerprint density at radius 2 is 2.17 bits per heavy atom. The summed E-state index contributed by atoms with van der Waals surface area (Å²) in [5, 5.41) is 20.1. The largest absolute Gasteiger partial charge is 0.467 e. The Balaban J connectivity index is 1.54. The molecule has 1 aromatic carbocycles. The van der Waals surface area contributed by atoms with E-state index in [1.807, 2.05) is 22.8 Å². The van der Waals surface area contributed by atoms with Gasteiger partial charge in [0.1, 0.15) is 12.1 Å². The molecule has 3 rings (SSSR count). The highest BCUT2D eigenvalue weighted by Gasteiger charge is 2.10. The van der Waals surface area contributed by atoms with Gasteiger partial charge in [-0.15, -0.1) is 10.2 Å². The van der Waals surface area contributed by atoms with Crippen molar-refractivity contribution in [3.05, 3.63) is 60.3 Å². The molecular formula is C16H13N5O2S. The molecule has 1 N–H and O–H groups in total. The molecule has 0 bridgehead atoms. The van der Waals surface area contributed by atoms with Gasteiger partial charge in [0.05, 0.1) is 30.2 Å². The van der Waals surface area contributed by atoms with Crippen molar-refractivity contribution in [1.82, 2.24) is 14.8 Å². The highest BCUT2D eigenvalue weighted by atomic mass is 32.2. The lowest BCUT2D eigenvalue weighted by Gasteiger charge is -2.06. The number of hydrogen-bond acceptors (Lipinski definition) is 6. The van der Waals surface area contributed by atoms with Gasteiger partial charge >= 0.3 is 0 Å². The van der Waals surface area contributed by atoms with Gasteiger partial charge in [-0.2, -0.15) is 5.26 Å². The second-order valence-electron chi connectivity index (χ2n) is 4.85. The van der Waals surface area contributed by atoms with Gasteiger partial charge in [-0.1, -0.05) is 11.8 Å². The molecule has 0 saturated carbocycles. The number of hydrogen-bond donors (Lipinski definition) is 1. The molecule has 0 fully saturated rings. The summed E-state index contributed by atoms with van der Waals surface area (Å²) < 4.78 is 7.12. The van der Waals surface area contributed by atoms with Gasteiger partial charge in [0.2, 0.25) is 5.91 Å². The minimum Gasteiger partial charge on any atom is -0.467 e. The maximum Gasteiger partial charge on any atom is 0.234 e. The topological polar surface area (TPSA) is 96.7 Å². The Morgan fingerprint density at radius 3 is 2.88 bits per heavy atom. The van der Waals surface area contributed by atoms with E-state index in [0.717, 1.165) is 5.76 Å². The molecule has 0 atom stereocenters. The van der Waals surface area contributed by atoms with Crippen LogP contribution < -0.4 is 5.32 Å². The number of carbonyl (C=O) groups is 1. The number of furan rings is 1. The van der Waals surface area contributed by atoms with Crippen molar-refractivity contribution >= 4 is 23.4 Å². The van der Waals surface area contributed by atoms with E-state index in [2.05, 4.69) is 15.5 Å². The molecule has 0 radical (unpaired) electrons. The summed E-state index contributed by atoms with van der Waals surface area (Å²) in [6, 6.07) is 12.4. The zero-order chi connectivity index (χ0) is 16.8. The number of aromatic nitrogens is 3. The summed E-state index contributed by atoms with van der Waals surface area (Å²) in [5.41, 5.74) is 1.20. The molecule has 0 aliphatic heterocycles. The van der Waals surface area contributed by atoms with Crippen LogP contribution in [0.5, 0.6) is 0 Å². The second-order valence-corrected chi connectivity index (χ2v) is 5.79. The molecule has 24 heavy (non-hydrogen) atoms. The van der Waals surface area contributed by atoms with Crippen molar-refractivity contribution in [3.8, 4) is 6.07 Å². The van der Waals surface area contributed by atoms with Crippen LogP contribution in [0.4, 0.5) is 5.69 Å². The summed E-state index contributed by atoms with van der Waals surface area (Å²) >= 11 is 1.29. The van der Waals surface area contributed by atoms with Crippen LogP contribution in [0.25, 0.3) is 0 Å². The van der Waals surface area contributed by atoms with Crippen LogP contribution in [0.2, 0.25) is 0 Å². The third-order valence-electron chi connectivity index (χ3n) is 3.12. The number of nitrogens with one attached hydrogen (secondary N) is 1. The molecule has 2 aromatic heterocycles. The zero-order valence-electron chi connectivity index (χ0n) is 12.5. The van der Waals surface area contributed by atoms with E-state index in [1.165, 1.54) is 11.8 Å². The lowest BCUT2D eigenvalue weighted by atomic mass is 10.2. The minimum atomic E-state index is -0.155. The van der Waals surface area contributed by atoms with Crippen LogP contribution in [0.15, 0.2) is 58.6 Å². The molecule has 0 unspecified atom stereocenters. The van der Waals surface area contributed by atoms with Crippen LogP contribution >= 0.6 is 11.8 Å². The first-order chi connectivity index (χ1) is 11.7. The lowest BCUT2D eigenvalue weighted by molar-refractivity contribution is -0.113. The number of nitriles is 1. The van der Waals surface area contributed by atoms with E-state index in [9.17, 15) is 4.79 Å². The van der Waals surface area contributed by atoms with Crippen molar-refractivity contribution in [2.75, 3.05) is 11.1 Å². The fourth-order valence-corrected chi connectivity index (χ4v) is 2.71. The molecule has 120 valence electrons.